The maximum Gasteiger partial charge on any atom is 0.191 e. The average Bonchev–Trinajstić information content (AvgIpc) is 3.40. The lowest BCUT2D eigenvalue weighted by atomic mass is 9.99. The summed E-state index contributed by atoms with van der Waals surface area (Å²) in [4.78, 5) is 3.64. The second kappa shape index (κ2) is 9.30. The van der Waals surface area contributed by atoms with Crippen molar-refractivity contribution in [1.29, 1.82) is 0 Å². The van der Waals surface area contributed by atoms with Crippen molar-refractivity contribution >= 4 is 50.6 Å². The van der Waals surface area contributed by atoms with E-state index >= 15 is 0 Å². The van der Waals surface area contributed by atoms with E-state index in [0.717, 1.165) is 43.4 Å². The lowest BCUT2D eigenvalue weighted by molar-refractivity contribution is 0.336. The highest BCUT2D eigenvalue weighted by Crippen LogP contribution is 2.32. The summed E-state index contributed by atoms with van der Waals surface area (Å²) >= 11 is 12.9. The number of nitrogens with zero attached hydrogens (tertiary/aromatic N) is 4. The first-order valence-electron chi connectivity index (χ1n) is 9.36. The van der Waals surface area contributed by atoms with Gasteiger partial charge in [-0.15, -0.1) is 21.5 Å². The Kier molecular flexibility index (Phi) is 6.78. The second-order valence-corrected chi connectivity index (χ2v) is 10.7. The quantitative estimate of drug-likeness (QED) is 0.299. The van der Waals surface area contributed by atoms with Gasteiger partial charge in [0.15, 0.2) is 11.0 Å². The molecule has 8 heteroatoms. The number of thiophene rings is 1. The fraction of sp³-hybridized carbons (Fsp3) is 0.400. The van der Waals surface area contributed by atoms with Crippen molar-refractivity contribution in [2.75, 3.05) is 25.4 Å². The lowest BCUT2D eigenvalue weighted by Crippen LogP contribution is -2.22. The summed E-state index contributed by atoms with van der Waals surface area (Å²) in [5.41, 5.74) is 1.46. The number of likely N-dealkylation sites (tertiary alicyclic amines) is 1. The minimum absolute atomic E-state index is 0.666. The smallest absolute Gasteiger partial charge is 0.191 e. The van der Waals surface area contributed by atoms with Gasteiger partial charge < -0.3 is 9.47 Å². The topological polar surface area (TPSA) is 34.0 Å². The van der Waals surface area contributed by atoms with Crippen molar-refractivity contribution in [2.45, 2.75) is 23.9 Å². The minimum Gasteiger partial charge on any atom is -0.305 e. The third-order valence-electron chi connectivity index (χ3n) is 5.09. The first kappa shape index (κ1) is 20.4. The summed E-state index contributed by atoms with van der Waals surface area (Å²) in [6.45, 7) is 3.50. The minimum atomic E-state index is 0.666. The molecule has 0 spiro atoms. The van der Waals surface area contributed by atoms with Crippen LogP contribution in [0.1, 0.15) is 24.3 Å². The molecule has 0 N–H and O–H groups in total. The lowest BCUT2D eigenvalue weighted by Gasteiger charge is -2.16. The fourth-order valence-corrected chi connectivity index (χ4v) is 5.75. The van der Waals surface area contributed by atoms with Crippen LogP contribution >= 0.6 is 50.6 Å². The molecule has 0 saturated carbocycles. The zero-order chi connectivity index (χ0) is 19.5. The highest BCUT2D eigenvalue weighted by Gasteiger charge is 2.23. The largest absolute Gasteiger partial charge is 0.305 e. The Morgan fingerprint density at radius 1 is 1.21 bits per heavy atom. The molecule has 1 atom stereocenters. The van der Waals surface area contributed by atoms with E-state index < -0.39 is 0 Å². The van der Waals surface area contributed by atoms with Crippen LogP contribution in [0.3, 0.4) is 0 Å². The molecule has 1 aromatic carbocycles. The SMILES string of the molecule is Cn1c(SCCCN2CCC(c3ccc(Br)cc3)C2)nnc1-c1ccc(Cl)s1. The van der Waals surface area contributed by atoms with Gasteiger partial charge in [0.2, 0.25) is 0 Å². The summed E-state index contributed by atoms with van der Waals surface area (Å²) in [6.07, 6.45) is 2.41. The van der Waals surface area contributed by atoms with Crippen LogP contribution in [0.15, 0.2) is 46.0 Å². The van der Waals surface area contributed by atoms with Crippen LogP contribution in [0.4, 0.5) is 0 Å². The summed E-state index contributed by atoms with van der Waals surface area (Å²) in [5, 5.41) is 9.65. The van der Waals surface area contributed by atoms with Crippen molar-refractivity contribution in [1.82, 2.24) is 19.7 Å². The highest BCUT2D eigenvalue weighted by molar-refractivity contribution is 9.10. The Bertz CT molecular complexity index is 925. The van der Waals surface area contributed by atoms with Crippen LogP contribution in [-0.2, 0) is 7.05 Å². The van der Waals surface area contributed by atoms with Gasteiger partial charge in [0.05, 0.1) is 9.21 Å². The van der Waals surface area contributed by atoms with Gasteiger partial charge in [-0.3, -0.25) is 0 Å². The van der Waals surface area contributed by atoms with E-state index in [1.165, 1.54) is 36.4 Å². The average molecular weight is 498 g/mol. The Hall–Kier alpha value is -0.860. The molecule has 148 valence electrons. The molecular weight excluding hydrogens is 476 g/mol. The molecule has 2 aromatic heterocycles. The summed E-state index contributed by atoms with van der Waals surface area (Å²) < 4.78 is 3.99. The van der Waals surface area contributed by atoms with Gasteiger partial charge in [0, 0.05) is 23.8 Å². The predicted octanol–water partition coefficient (Wildman–Crippen LogP) is 5.93. The van der Waals surface area contributed by atoms with Gasteiger partial charge in [0.1, 0.15) is 0 Å². The van der Waals surface area contributed by atoms with Gasteiger partial charge in [-0.05, 0) is 61.7 Å². The summed E-state index contributed by atoms with van der Waals surface area (Å²) in [7, 11) is 2.02. The van der Waals surface area contributed by atoms with E-state index in [-0.39, 0.29) is 0 Å². The van der Waals surface area contributed by atoms with E-state index in [2.05, 4.69) is 59.9 Å². The van der Waals surface area contributed by atoms with E-state index in [0.29, 0.717) is 5.92 Å². The van der Waals surface area contributed by atoms with Crippen LogP contribution in [0.25, 0.3) is 10.7 Å². The zero-order valence-corrected chi connectivity index (χ0v) is 19.6. The van der Waals surface area contributed by atoms with Gasteiger partial charge >= 0.3 is 0 Å². The van der Waals surface area contributed by atoms with Crippen LogP contribution < -0.4 is 0 Å². The van der Waals surface area contributed by atoms with Crippen molar-refractivity contribution in [3.63, 3.8) is 0 Å². The molecular formula is C20H22BrClN4S2. The van der Waals surface area contributed by atoms with Crippen LogP contribution in [0, 0.1) is 0 Å². The molecule has 0 bridgehead atoms. The maximum absolute atomic E-state index is 6.04. The standard InChI is InChI=1S/C20H22BrClN4S2/c1-25-19(17-7-8-18(22)28-17)23-24-20(25)27-12-2-10-26-11-9-15(13-26)14-3-5-16(21)6-4-14/h3-8,15H,2,9-13H2,1H3. The van der Waals surface area contributed by atoms with Crippen molar-refractivity contribution in [3.05, 3.63) is 50.8 Å². The number of benzene rings is 1. The van der Waals surface area contributed by atoms with Crippen LogP contribution in [0.2, 0.25) is 4.34 Å². The molecule has 1 aliphatic rings. The van der Waals surface area contributed by atoms with Crippen LogP contribution in [0.5, 0.6) is 0 Å². The van der Waals surface area contributed by atoms with Crippen molar-refractivity contribution in [3.8, 4) is 10.7 Å². The molecule has 4 rings (SSSR count). The Morgan fingerprint density at radius 3 is 2.79 bits per heavy atom. The molecule has 0 radical (unpaired) electrons. The number of hydrogen-bond acceptors (Lipinski definition) is 5. The number of hydrogen-bond donors (Lipinski definition) is 0. The van der Waals surface area contributed by atoms with Crippen molar-refractivity contribution in [2.24, 2.45) is 7.05 Å². The molecule has 1 fully saturated rings. The monoisotopic (exact) mass is 496 g/mol. The van der Waals surface area contributed by atoms with E-state index in [9.17, 15) is 0 Å². The second-order valence-electron chi connectivity index (χ2n) is 7.01. The zero-order valence-electron chi connectivity index (χ0n) is 15.6. The Balaban J connectivity index is 1.23. The van der Waals surface area contributed by atoms with E-state index in [1.54, 1.807) is 11.8 Å². The van der Waals surface area contributed by atoms with Gasteiger partial charge in [-0.2, -0.15) is 0 Å². The molecule has 1 unspecified atom stereocenters. The summed E-state index contributed by atoms with van der Waals surface area (Å²) in [5.74, 6) is 2.60. The van der Waals surface area contributed by atoms with Crippen LogP contribution in [-0.4, -0.2) is 45.1 Å². The molecule has 1 aliphatic heterocycles. The third kappa shape index (κ3) is 4.82. The maximum atomic E-state index is 6.04. The number of halogens is 2. The third-order valence-corrected chi connectivity index (χ3v) is 7.95. The number of thioether (sulfide) groups is 1. The molecule has 4 nitrogen and oxygen atoms in total. The molecule has 28 heavy (non-hydrogen) atoms. The fourth-order valence-electron chi connectivity index (χ4n) is 3.58. The predicted molar refractivity (Wildman–Crippen MR) is 123 cm³/mol. The van der Waals surface area contributed by atoms with E-state index in [4.69, 9.17) is 11.6 Å². The molecule has 1 saturated heterocycles. The number of rotatable bonds is 7. The normalized spacial score (nSPS) is 17.5. The first-order chi connectivity index (χ1) is 13.6. The van der Waals surface area contributed by atoms with Gasteiger partial charge in [-0.1, -0.05) is 51.4 Å². The van der Waals surface area contributed by atoms with Crippen molar-refractivity contribution < 1.29 is 0 Å². The summed E-state index contributed by atoms with van der Waals surface area (Å²) in [6, 6.07) is 12.7. The molecule has 0 amide bonds. The Labute approximate surface area is 187 Å². The highest BCUT2D eigenvalue weighted by atomic mass is 79.9. The molecule has 3 aromatic rings. The first-order valence-corrected chi connectivity index (χ1v) is 12.3. The van der Waals surface area contributed by atoms with Gasteiger partial charge in [0.25, 0.3) is 0 Å². The Morgan fingerprint density at radius 2 is 2.04 bits per heavy atom. The molecule has 3 heterocycles. The van der Waals surface area contributed by atoms with Gasteiger partial charge in [-0.25, -0.2) is 0 Å². The van der Waals surface area contributed by atoms with E-state index in [1.807, 2.05) is 19.2 Å². The molecule has 0 aliphatic carbocycles. The number of aromatic nitrogens is 3.